The summed E-state index contributed by atoms with van der Waals surface area (Å²) in [6.45, 7) is 0. The van der Waals surface area contributed by atoms with Gasteiger partial charge in [-0.2, -0.15) is 0 Å². The monoisotopic (exact) mass is 565 g/mol. The van der Waals surface area contributed by atoms with E-state index in [1.54, 1.807) is 6.21 Å². The third kappa shape index (κ3) is 4.07. The summed E-state index contributed by atoms with van der Waals surface area (Å²) in [6, 6.07) is 46.3. The van der Waals surface area contributed by atoms with Crippen LogP contribution >= 0.6 is 0 Å². The molecule has 2 aliphatic heterocycles. The molecule has 0 aliphatic carbocycles. The van der Waals surface area contributed by atoms with E-state index in [0.717, 1.165) is 67.0 Å². The SMILES string of the molecule is C1=[N+]=C(C2N=C(c3ccccc3)NC(c3ccc4ccc(-c5ccccc5)cc4c3)=N2)c2c1oc1cc3ccccc3cc21. The second kappa shape index (κ2) is 9.77. The highest BCUT2D eigenvalue weighted by Crippen LogP contribution is 2.33. The van der Waals surface area contributed by atoms with Crippen LogP contribution in [0.1, 0.15) is 22.5 Å². The first kappa shape index (κ1) is 24.6. The van der Waals surface area contributed by atoms with Gasteiger partial charge < -0.3 is 9.73 Å². The molecule has 1 N–H and O–H groups in total. The lowest BCUT2D eigenvalue weighted by molar-refractivity contribution is 0.608. The average Bonchev–Trinajstić information content (AvgIpc) is 3.66. The Balaban J connectivity index is 1.17. The van der Waals surface area contributed by atoms with Crippen LogP contribution in [0.4, 0.5) is 0 Å². The fourth-order valence-corrected chi connectivity index (χ4v) is 6.21. The summed E-state index contributed by atoms with van der Waals surface area (Å²) in [4.78, 5) is 10.3. The van der Waals surface area contributed by atoms with Crippen LogP contribution in [0.15, 0.2) is 148 Å². The molecule has 0 radical (unpaired) electrons. The zero-order valence-electron chi connectivity index (χ0n) is 23.6. The van der Waals surface area contributed by atoms with Gasteiger partial charge in [0.2, 0.25) is 11.9 Å². The van der Waals surface area contributed by atoms with Gasteiger partial charge in [0.1, 0.15) is 22.8 Å². The first-order valence-corrected chi connectivity index (χ1v) is 14.7. The predicted octanol–water partition coefficient (Wildman–Crippen LogP) is 7.52. The molecule has 0 amide bonds. The molecule has 0 saturated heterocycles. The number of fused-ring (bicyclic) bond motifs is 5. The average molecular weight is 566 g/mol. The van der Waals surface area contributed by atoms with Gasteiger partial charge in [-0.25, -0.2) is 9.98 Å². The van der Waals surface area contributed by atoms with Gasteiger partial charge in [0.05, 0.1) is 0 Å². The van der Waals surface area contributed by atoms with Crippen LogP contribution in [0.25, 0.3) is 43.6 Å². The van der Waals surface area contributed by atoms with E-state index in [4.69, 9.17) is 19.1 Å². The lowest BCUT2D eigenvalue weighted by Gasteiger charge is -2.20. The molecule has 7 aromatic rings. The summed E-state index contributed by atoms with van der Waals surface area (Å²) in [6.07, 6.45) is 1.25. The molecule has 0 bridgehead atoms. The Bertz CT molecular complexity index is 2390. The molecular weight excluding hydrogens is 540 g/mol. The maximum atomic E-state index is 6.28. The topological polar surface area (TPSA) is 64.0 Å². The Morgan fingerprint density at radius 2 is 1.18 bits per heavy atom. The van der Waals surface area contributed by atoms with Gasteiger partial charge >= 0.3 is 11.9 Å². The maximum Gasteiger partial charge on any atom is 0.362 e. The highest BCUT2D eigenvalue weighted by molar-refractivity contribution is 6.25. The van der Waals surface area contributed by atoms with Crippen molar-refractivity contribution in [1.82, 2.24) is 9.98 Å². The highest BCUT2D eigenvalue weighted by atomic mass is 16.3. The van der Waals surface area contributed by atoms with Crippen LogP contribution < -0.4 is 9.98 Å². The van der Waals surface area contributed by atoms with Crippen molar-refractivity contribution in [1.29, 1.82) is 0 Å². The van der Waals surface area contributed by atoms with Gasteiger partial charge in [-0.15, -0.1) is 0 Å². The number of hydrogen-bond donors (Lipinski definition) is 1. The Morgan fingerprint density at radius 3 is 1.95 bits per heavy atom. The van der Waals surface area contributed by atoms with Gasteiger partial charge in [-0.05, 0) is 56.9 Å². The maximum absolute atomic E-state index is 6.28. The summed E-state index contributed by atoms with van der Waals surface area (Å²) >= 11 is 0. The van der Waals surface area contributed by atoms with Crippen molar-refractivity contribution < 1.29 is 4.42 Å². The summed E-state index contributed by atoms with van der Waals surface area (Å²) in [5, 5.41) is 9.19. The summed E-state index contributed by atoms with van der Waals surface area (Å²) in [7, 11) is 0. The Labute approximate surface area is 253 Å². The van der Waals surface area contributed by atoms with Crippen molar-refractivity contribution in [2.24, 2.45) is 9.98 Å². The number of nitrogens with zero attached hydrogens (tertiary/aromatic N) is 3. The molecule has 1 aromatic heterocycles. The smallest absolute Gasteiger partial charge is 0.362 e. The van der Waals surface area contributed by atoms with E-state index in [1.165, 1.54) is 16.5 Å². The van der Waals surface area contributed by atoms with Crippen LogP contribution in [-0.2, 0) is 0 Å². The zero-order valence-corrected chi connectivity index (χ0v) is 23.6. The van der Waals surface area contributed by atoms with Crippen LogP contribution in [-0.4, -0.2) is 29.8 Å². The molecule has 1 unspecified atom stereocenters. The largest absolute Gasteiger partial charge is 0.448 e. The van der Waals surface area contributed by atoms with Crippen LogP contribution in [0, 0.1) is 0 Å². The molecule has 0 spiro atoms. The second-order valence-electron chi connectivity index (χ2n) is 11.1. The fourth-order valence-electron chi connectivity index (χ4n) is 6.21. The van der Waals surface area contributed by atoms with Gasteiger partial charge in [-0.1, -0.05) is 114 Å². The van der Waals surface area contributed by atoms with Crippen molar-refractivity contribution in [3.8, 4) is 11.1 Å². The van der Waals surface area contributed by atoms with Gasteiger partial charge in [0.25, 0.3) is 0 Å². The number of hydrogen-bond acceptors (Lipinski definition) is 4. The Kier molecular flexibility index (Phi) is 5.45. The van der Waals surface area contributed by atoms with Crippen molar-refractivity contribution in [2.45, 2.75) is 6.17 Å². The molecule has 0 saturated carbocycles. The second-order valence-corrected chi connectivity index (χ2v) is 11.1. The van der Waals surface area contributed by atoms with E-state index in [2.05, 4.69) is 108 Å². The van der Waals surface area contributed by atoms with E-state index in [0.29, 0.717) is 0 Å². The van der Waals surface area contributed by atoms with Crippen molar-refractivity contribution >= 4 is 56.1 Å². The lowest BCUT2D eigenvalue weighted by atomic mass is 9.99. The quantitative estimate of drug-likeness (QED) is 0.224. The van der Waals surface area contributed by atoms with E-state index < -0.39 is 6.17 Å². The molecular formula is C39H25N4O+. The lowest BCUT2D eigenvalue weighted by Crippen LogP contribution is -2.40. The van der Waals surface area contributed by atoms with Gasteiger partial charge in [0, 0.05) is 16.5 Å². The minimum Gasteiger partial charge on any atom is -0.448 e. The summed E-state index contributed by atoms with van der Waals surface area (Å²) < 4.78 is 11.1. The van der Waals surface area contributed by atoms with E-state index in [1.807, 2.05) is 30.3 Å². The van der Waals surface area contributed by atoms with Crippen molar-refractivity contribution in [2.75, 3.05) is 0 Å². The van der Waals surface area contributed by atoms with Crippen LogP contribution in [0.3, 0.4) is 0 Å². The van der Waals surface area contributed by atoms with Crippen molar-refractivity contribution in [3.63, 3.8) is 0 Å². The van der Waals surface area contributed by atoms with Crippen molar-refractivity contribution in [3.05, 3.63) is 156 Å². The third-order valence-electron chi connectivity index (χ3n) is 8.41. The molecule has 5 heteroatoms. The molecule has 3 heterocycles. The number of aliphatic imine (C=N–C) groups is 2. The van der Waals surface area contributed by atoms with E-state index in [-0.39, 0.29) is 0 Å². The molecule has 0 fully saturated rings. The predicted molar refractivity (Wildman–Crippen MR) is 181 cm³/mol. The molecule has 2 aliphatic rings. The molecule has 5 nitrogen and oxygen atoms in total. The number of benzene rings is 6. The number of amidine groups is 2. The van der Waals surface area contributed by atoms with E-state index >= 15 is 0 Å². The molecule has 206 valence electrons. The zero-order chi connectivity index (χ0) is 29.0. The first-order chi connectivity index (χ1) is 21.8. The molecule has 44 heavy (non-hydrogen) atoms. The Hall–Kier alpha value is -6.03. The Morgan fingerprint density at radius 1 is 0.545 bits per heavy atom. The number of rotatable bonds is 4. The minimum atomic E-state index is -0.544. The molecule has 6 aromatic carbocycles. The van der Waals surface area contributed by atoms with Crippen LogP contribution in [0.2, 0.25) is 0 Å². The molecule has 1 atom stereocenters. The normalized spacial score (nSPS) is 15.6. The number of nitrogens with one attached hydrogen (secondary N) is 1. The van der Waals surface area contributed by atoms with Crippen LogP contribution in [0.5, 0.6) is 0 Å². The van der Waals surface area contributed by atoms with Gasteiger partial charge in [0.15, 0.2) is 0 Å². The van der Waals surface area contributed by atoms with Gasteiger partial charge in [-0.3, -0.25) is 0 Å². The molecule has 9 rings (SSSR count). The minimum absolute atomic E-state index is 0.544. The summed E-state index contributed by atoms with van der Waals surface area (Å²) in [5.41, 5.74) is 6.94. The summed E-state index contributed by atoms with van der Waals surface area (Å²) in [5.74, 6) is 2.26. The standard InChI is InChI=1S/C39H25N4O/c1-3-9-24(10-4-1)29-17-15-25-16-18-30(20-31(25)19-29)38-41-37(26-11-5-2-6-12-26)42-39(43-38)36-35-32-21-27-13-7-8-14-28(27)22-33(32)44-34(35)23-40-36/h1-23,39H,(H,41,42,43)/q+1. The fraction of sp³-hybridized carbons (Fsp3) is 0.0256. The highest BCUT2D eigenvalue weighted by Gasteiger charge is 2.39. The number of furan rings is 1. The third-order valence-corrected chi connectivity index (χ3v) is 8.41. The first-order valence-electron chi connectivity index (χ1n) is 14.7. The van der Waals surface area contributed by atoms with E-state index in [9.17, 15) is 0 Å².